The fourth-order valence-corrected chi connectivity index (χ4v) is 2.98. The van der Waals surface area contributed by atoms with Crippen LogP contribution in [0.15, 0.2) is 23.1 Å². The first-order valence-electron chi connectivity index (χ1n) is 6.09. The van der Waals surface area contributed by atoms with Gasteiger partial charge in [-0.1, -0.05) is 0 Å². The minimum atomic E-state index is -3.63. The predicted molar refractivity (Wildman–Crippen MR) is 69.7 cm³/mol. The highest BCUT2D eigenvalue weighted by Gasteiger charge is 2.26. The third kappa shape index (κ3) is 3.04. The Kier molecular flexibility index (Phi) is 3.89. The number of carbonyl (C=O) groups is 2. The Morgan fingerprint density at radius 1 is 1.25 bits per heavy atom. The number of nitrogens with zero attached hydrogens (tertiary/aromatic N) is 1. The van der Waals surface area contributed by atoms with Gasteiger partial charge in [-0.3, -0.25) is 9.59 Å². The van der Waals surface area contributed by atoms with Crippen molar-refractivity contribution in [1.29, 1.82) is 0 Å². The molecule has 0 aromatic heterocycles. The first-order valence-corrected chi connectivity index (χ1v) is 7.99. The lowest BCUT2D eigenvalue weighted by Gasteiger charge is -2.26. The van der Waals surface area contributed by atoms with Gasteiger partial charge in [0.2, 0.25) is 0 Å². The number of likely N-dealkylation sites (tertiary alicyclic amines) is 1. The Hall–Kier alpha value is -1.76. The molecular weight excluding hydrogens is 285 g/mol. The Morgan fingerprint density at radius 3 is 2.40 bits per heavy atom. The molecule has 1 aliphatic heterocycles. The van der Waals surface area contributed by atoms with Crippen molar-refractivity contribution in [2.45, 2.75) is 17.7 Å². The Morgan fingerprint density at radius 2 is 1.85 bits per heavy atom. The molecule has 0 bridgehead atoms. The summed E-state index contributed by atoms with van der Waals surface area (Å²) in [6, 6.07) is 3.02. The van der Waals surface area contributed by atoms with Gasteiger partial charge in [-0.05, 0) is 18.2 Å². The number of ketones is 1. The lowest BCUT2D eigenvalue weighted by atomic mass is 10.1. The summed E-state index contributed by atoms with van der Waals surface area (Å²) in [6.45, 7) is 0.467. The predicted octanol–water partition coefficient (Wildman–Crippen LogP) is 1.03. The lowest BCUT2D eigenvalue weighted by Crippen LogP contribution is -2.39. The smallest absolute Gasteiger partial charge is 0.255 e. The zero-order chi connectivity index (χ0) is 14.9. The molecule has 1 fully saturated rings. The number of hydrogen-bond acceptors (Lipinski definition) is 4. The molecule has 1 amide bonds. The van der Waals surface area contributed by atoms with Crippen LogP contribution in [0.4, 0.5) is 4.39 Å². The minimum Gasteiger partial charge on any atom is -0.338 e. The molecule has 0 N–H and O–H groups in total. The van der Waals surface area contributed by atoms with Crippen LogP contribution in [0, 0.1) is 5.82 Å². The average molecular weight is 299 g/mol. The number of piperidine rings is 1. The third-order valence-corrected chi connectivity index (χ3v) is 4.33. The highest BCUT2D eigenvalue weighted by molar-refractivity contribution is 7.90. The second-order valence-corrected chi connectivity index (χ2v) is 6.73. The number of rotatable bonds is 2. The van der Waals surface area contributed by atoms with E-state index in [4.69, 9.17) is 0 Å². The number of sulfone groups is 1. The average Bonchev–Trinajstić information content (AvgIpc) is 2.37. The maximum Gasteiger partial charge on any atom is 0.255 e. The Balaban J connectivity index is 2.39. The summed E-state index contributed by atoms with van der Waals surface area (Å²) in [5, 5.41) is 0. The maximum absolute atomic E-state index is 13.3. The molecule has 0 unspecified atom stereocenters. The number of amides is 1. The van der Waals surface area contributed by atoms with Crippen LogP contribution in [0.2, 0.25) is 0 Å². The van der Waals surface area contributed by atoms with Gasteiger partial charge < -0.3 is 4.90 Å². The Bertz CT molecular complexity index is 659. The first-order chi connectivity index (χ1) is 9.29. The van der Waals surface area contributed by atoms with Gasteiger partial charge in [0.25, 0.3) is 5.91 Å². The van der Waals surface area contributed by atoms with Crippen LogP contribution < -0.4 is 0 Å². The van der Waals surface area contributed by atoms with Crippen LogP contribution in [-0.2, 0) is 14.6 Å². The summed E-state index contributed by atoms with van der Waals surface area (Å²) in [6.07, 6.45) is 1.46. The van der Waals surface area contributed by atoms with E-state index in [0.717, 1.165) is 24.5 Å². The number of halogens is 1. The van der Waals surface area contributed by atoms with E-state index >= 15 is 0 Å². The molecule has 1 aromatic carbocycles. The molecule has 0 saturated carbocycles. The standard InChI is InChI=1S/C13H14FNO4S/c1-20(18,19)12-3-2-9(14)8-11(12)13(17)15-6-4-10(16)5-7-15/h2-3,8H,4-7H2,1H3. The summed E-state index contributed by atoms with van der Waals surface area (Å²) in [5.41, 5.74) is -0.179. The molecule has 0 radical (unpaired) electrons. The molecule has 1 saturated heterocycles. The zero-order valence-corrected chi connectivity index (χ0v) is 11.7. The largest absolute Gasteiger partial charge is 0.338 e. The van der Waals surface area contributed by atoms with Crippen LogP contribution in [0.1, 0.15) is 23.2 Å². The second kappa shape index (κ2) is 5.32. The molecule has 2 rings (SSSR count). The van der Waals surface area contributed by atoms with Crippen molar-refractivity contribution in [2.75, 3.05) is 19.3 Å². The number of hydrogen-bond donors (Lipinski definition) is 0. The van der Waals surface area contributed by atoms with Gasteiger partial charge in [0.05, 0.1) is 10.5 Å². The maximum atomic E-state index is 13.3. The third-order valence-electron chi connectivity index (χ3n) is 3.18. The summed E-state index contributed by atoms with van der Waals surface area (Å²) < 4.78 is 36.6. The number of carbonyl (C=O) groups excluding carboxylic acids is 2. The topological polar surface area (TPSA) is 71.5 Å². The van der Waals surface area contributed by atoms with Crippen LogP contribution in [0.25, 0.3) is 0 Å². The van der Waals surface area contributed by atoms with Crippen LogP contribution in [-0.4, -0.2) is 44.4 Å². The van der Waals surface area contributed by atoms with Crippen molar-refractivity contribution in [3.8, 4) is 0 Å². The van der Waals surface area contributed by atoms with Crippen molar-refractivity contribution in [2.24, 2.45) is 0 Å². The van der Waals surface area contributed by atoms with Crippen molar-refractivity contribution in [3.63, 3.8) is 0 Å². The molecule has 1 aromatic rings. The second-order valence-electron chi connectivity index (χ2n) is 4.74. The SMILES string of the molecule is CS(=O)(=O)c1ccc(F)cc1C(=O)N1CCC(=O)CC1. The quantitative estimate of drug-likeness (QED) is 0.765. The Labute approximate surface area is 116 Å². The highest BCUT2D eigenvalue weighted by atomic mass is 32.2. The van der Waals surface area contributed by atoms with Crippen LogP contribution >= 0.6 is 0 Å². The van der Waals surface area contributed by atoms with Gasteiger partial charge >= 0.3 is 0 Å². The van der Waals surface area contributed by atoms with E-state index in [0.29, 0.717) is 0 Å². The number of benzene rings is 1. The van der Waals surface area contributed by atoms with Crippen LogP contribution in [0.3, 0.4) is 0 Å². The molecule has 20 heavy (non-hydrogen) atoms. The molecule has 1 aliphatic rings. The van der Waals surface area contributed by atoms with Crippen molar-refractivity contribution in [1.82, 2.24) is 4.90 Å². The molecule has 1 heterocycles. The highest BCUT2D eigenvalue weighted by Crippen LogP contribution is 2.20. The van der Waals surface area contributed by atoms with Gasteiger partial charge in [-0.15, -0.1) is 0 Å². The van der Waals surface area contributed by atoms with E-state index < -0.39 is 21.6 Å². The zero-order valence-electron chi connectivity index (χ0n) is 10.9. The van der Waals surface area contributed by atoms with E-state index in [1.165, 1.54) is 4.90 Å². The van der Waals surface area contributed by atoms with E-state index in [1.54, 1.807) is 0 Å². The van der Waals surface area contributed by atoms with Gasteiger partial charge in [-0.2, -0.15) is 0 Å². The summed E-state index contributed by atoms with van der Waals surface area (Å²) in [4.78, 5) is 24.6. The fraction of sp³-hybridized carbons (Fsp3) is 0.385. The lowest BCUT2D eigenvalue weighted by molar-refractivity contribution is -0.120. The van der Waals surface area contributed by atoms with Crippen LogP contribution in [0.5, 0.6) is 0 Å². The summed E-state index contributed by atoms with van der Waals surface area (Å²) >= 11 is 0. The van der Waals surface area contributed by atoms with Crippen molar-refractivity contribution >= 4 is 21.5 Å². The molecule has 0 spiro atoms. The van der Waals surface area contributed by atoms with E-state index in [2.05, 4.69) is 0 Å². The molecule has 0 atom stereocenters. The molecule has 5 nitrogen and oxygen atoms in total. The molecule has 108 valence electrons. The molecule has 7 heteroatoms. The number of Topliss-reactive ketones (excluding diaryl/α,β-unsaturated/α-hetero) is 1. The van der Waals surface area contributed by atoms with Crippen molar-refractivity contribution < 1.29 is 22.4 Å². The fourth-order valence-electron chi connectivity index (χ4n) is 2.12. The first kappa shape index (κ1) is 14.6. The van der Waals surface area contributed by atoms with Gasteiger partial charge in [0.1, 0.15) is 11.6 Å². The summed E-state index contributed by atoms with van der Waals surface area (Å²) in [7, 11) is -3.63. The van der Waals surface area contributed by atoms with Gasteiger partial charge in [-0.25, -0.2) is 12.8 Å². The monoisotopic (exact) mass is 299 g/mol. The molecule has 0 aliphatic carbocycles. The van der Waals surface area contributed by atoms with Crippen molar-refractivity contribution in [3.05, 3.63) is 29.6 Å². The van der Waals surface area contributed by atoms with Gasteiger partial charge in [0.15, 0.2) is 9.84 Å². The van der Waals surface area contributed by atoms with Gasteiger partial charge in [0, 0.05) is 32.2 Å². The van der Waals surface area contributed by atoms with E-state index in [1.807, 2.05) is 0 Å². The van der Waals surface area contributed by atoms with E-state index in [9.17, 15) is 22.4 Å². The molecular formula is C13H14FNO4S. The van der Waals surface area contributed by atoms with E-state index in [-0.39, 0.29) is 42.2 Å². The minimum absolute atomic E-state index is 0.0663. The summed E-state index contributed by atoms with van der Waals surface area (Å²) in [5.74, 6) is -1.16. The normalized spacial score (nSPS) is 16.3.